The first-order chi connectivity index (χ1) is 9.43. The minimum Gasteiger partial charge on any atom is -0.166 e. The lowest BCUT2D eigenvalue weighted by molar-refractivity contribution is -0.137. The highest BCUT2D eigenvalue weighted by Gasteiger charge is 2.47. The number of hydrogen-bond donors (Lipinski definition) is 0. The zero-order chi connectivity index (χ0) is 16.1. The SMILES string of the molecule is C=C(C)c1cc(C(F)(F)F)cc(C2(CC(C)(C)C)CC2)c1. The van der Waals surface area contributed by atoms with Gasteiger partial charge in [-0.15, -0.1) is 0 Å². The third-order valence-corrected chi connectivity index (χ3v) is 4.09. The highest BCUT2D eigenvalue weighted by atomic mass is 19.4. The second kappa shape index (κ2) is 4.89. The number of benzene rings is 1. The van der Waals surface area contributed by atoms with Crippen molar-refractivity contribution < 1.29 is 13.2 Å². The number of alkyl halides is 3. The summed E-state index contributed by atoms with van der Waals surface area (Å²) < 4.78 is 39.4. The van der Waals surface area contributed by atoms with E-state index in [-0.39, 0.29) is 10.8 Å². The molecule has 1 aromatic carbocycles. The summed E-state index contributed by atoms with van der Waals surface area (Å²) in [6, 6.07) is 4.44. The van der Waals surface area contributed by atoms with Crippen LogP contribution in [-0.4, -0.2) is 0 Å². The zero-order valence-corrected chi connectivity index (χ0v) is 13.2. The van der Waals surface area contributed by atoms with Gasteiger partial charge in [0.2, 0.25) is 0 Å². The minimum atomic E-state index is -4.31. The molecule has 21 heavy (non-hydrogen) atoms. The van der Waals surface area contributed by atoms with E-state index in [2.05, 4.69) is 27.4 Å². The summed E-state index contributed by atoms with van der Waals surface area (Å²) in [6.45, 7) is 12.0. The molecule has 0 amide bonds. The first-order valence-corrected chi connectivity index (χ1v) is 7.32. The van der Waals surface area contributed by atoms with Gasteiger partial charge in [0.25, 0.3) is 0 Å². The molecule has 0 radical (unpaired) electrons. The van der Waals surface area contributed by atoms with Gasteiger partial charge in [-0.2, -0.15) is 13.2 Å². The predicted octanol–water partition coefficient (Wildman–Crippen LogP) is 6.21. The molecule has 2 rings (SSSR count). The van der Waals surface area contributed by atoms with Crippen LogP contribution in [0.1, 0.15) is 63.6 Å². The standard InChI is InChI=1S/C18H23F3/c1-12(2)13-8-14(10-15(9-13)18(19,20)21)17(6-7-17)11-16(3,4)5/h8-10H,1,6-7,11H2,2-5H3. The smallest absolute Gasteiger partial charge is 0.166 e. The molecule has 0 aromatic heterocycles. The van der Waals surface area contributed by atoms with Crippen molar-refractivity contribution in [2.24, 2.45) is 5.41 Å². The first kappa shape index (κ1) is 16.1. The van der Waals surface area contributed by atoms with Crippen LogP contribution in [0.3, 0.4) is 0 Å². The largest absolute Gasteiger partial charge is 0.416 e. The van der Waals surface area contributed by atoms with Crippen LogP contribution < -0.4 is 0 Å². The lowest BCUT2D eigenvalue weighted by atomic mass is 9.78. The fourth-order valence-electron chi connectivity index (χ4n) is 3.08. The lowest BCUT2D eigenvalue weighted by Gasteiger charge is -2.27. The van der Waals surface area contributed by atoms with Gasteiger partial charge < -0.3 is 0 Å². The summed E-state index contributed by atoms with van der Waals surface area (Å²) in [4.78, 5) is 0. The summed E-state index contributed by atoms with van der Waals surface area (Å²) in [6.07, 6.45) is -1.45. The van der Waals surface area contributed by atoms with Gasteiger partial charge in [0.1, 0.15) is 0 Å². The summed E-state index contributed by atoms with van der Waals surface area (Å²) in [7, 11) is 0. The van der Waals surface area contributed by atoms with Crippen molar-refractivity contribution in [3.63, 3.8) is 0 Å². The Hall–Kier alpha value is -1.25. The van der Waals surface area contributed by atoms with Gasteiger partial charge in [0.15, 0.2) is 0 Å². The quantitative estimate of drug-likeness (QED) is 0.622. The summed E-state index contributed by atoms with van der Waals surface area (Å²) in [5.41, 5.74) is 1.56. The Bertz CT molecular complexity index is 555. The van der Waals surface area contributed by atoms with Gasteiger partial charge in [-0.25, -0.2) is 0 Å². The summed E-state index contributed by atoms with van der Waals surface area (Å²) in [5, 5.41) is 0. The maximum Gasteiger partial charge on any atom is 0.416 e. The van der Waals surface area contributed by atoms with Crippen LogP contribution in [0.2, 0.25) is 0 Å². The summed E-state index contributed by atoms with van der Waals surface area (Å²) >= 11 is 0. The molecule has 0 spiro atoms. The van der Waals surface area contributed by atoms with E-state index in [0.717, 1.165) is 24.8 Å². The maximum atomic E-state index is 13.1. The highest BCUT2D eigenvalue weighted by molar-refractivity contribution is 5.63. The normalized spacial score (nSPS) is 17.7. The fourth-order valence-corrected chi connectivity index (χ4v) is 3.08. The molecule has 1 aliphatic rings. The van der Waals surface area contributed by atoms with Gasteiger partial charge in [-0.3, -0.25) is 0 Å². The number of allylic oxidation sites excluding steroid dienone is 1. The van der Waals surface area contributed by atoms with Gasteiger partial charge in [0.05, 0.1) is 5.56 Å². The molecule has 116 valence electrons. The molecule has 0 unspecified atom stereocenters. The van der Waals surface area contributed by atoms with Crippen LogP contribution in [0.4, 0.5) is 13.2 Å². The number of hydrogen-bond acceptors (Lipinski definition) is 0. The summed E-state index contributed by atoms with van der Waals surface area (Å²) in [5.74, 6) is 0. The zero-order valence-electron chi connectivity index (χ0n) is 13.2. The molecule has 0 atom stereocenters. The van der Waals surface area contributed by atoms with Crippen molar-refractivity contribution in [3.8, 4) is 0 Å². The molecule has 3 heteroatoms. The Morgan fingerprint density at radius 2 is 1.71 bits per heavy atom. The number of halogens is 3. The molecule has 1 aromatic rings. The third-order valence-electron chi connectivity index (χ3n) is 4.09. The molecule has 1 saturated carbocycles. The molecule has 1 fully saturated rings. The van der Waals surface area contributed by atoms with E-state index in [1.54, 1.807) is 6.92 Å². The van der Waals surface area contributed by atoms with Crippen LogP contribution in [0.15, 0.2) is 24.8 Å². The van der Waals surface area contributed by atoms with Gasteiger partial charge in [-0.05, 0) is 60.3 Å². The topological polar surface area (TPSA) is 0 Å². The number of rotatable bonds is 3. The highest BCUT2D eigenvalue weighted by Crippen LogP contribution is 2.55. The van der Waals surface area contributed by atoms with Gasteiger partial charge in [0, 0.05) is 0 Å². The maximum absolute atomic E-state index is 13.1. The molecule has 1 aliphatic carbocycles. The van der Waals surface area contributed by atoms with E-state index in [9.17, 15) is 13.2 Å². The Balaban J connectivity index is 2.49. The van der Waals surface area contributed by atoms with Crippen LogP contribution in [0.5, 0.6) is 0 Å². The van der Waals surface area contributed by atoms with E-state index in [1.165, 1.54) is 12.1 Å². The predicted molar refractivity (Wildman–Crippen MR) is 81.1 cm³/mol. The third kappa shape index (κ3) is 3.69. The van der Waals surface area contributed by atoms with Crippen molar-refractivity contribution in [3.05, 3.63) is 41.5 Å². The molecule has 0 saturated heterocycles. The van der Waals surface area contributed by atoms with Gasteiger partial charge >= 0.3 is 6.18 Å². The van der Waals surface area contributed by atoms with Crippen molar-refractivity contribution >= 4 is 5.57 Å². The molecular formula is C18H23F3. The molecule has 0 nitrogen and oxygen atoms in total. The average Bonchev–Trinajstić information content (AvgIpc) is 3.05. The van der Waals surface area contributed by atoms with Crippen LogP contribution in [0.25, 0.3) is 5.57 Å². The fraction of sp³-hybridized carbons (Fsp3) is 0.556. The molecule has 0 N–H and O–H groups in total. The Morgan fingerprint density at radius 1 is 1.14 bits per heavy atom. The average molecular weight is 296 g/mol. The Morgan fingerprint density at radius 3 is 2.10 bits per heavy atom. The van der Waals surface area contributed by atoms with Gasteiger partial charge in [-0.1, -0.05) is 39.0 Å². The van der Waals surface area contributed by atoms with E-state index in [1.807, 2.05) is 6.07 Å². The van der Waals surface area contributed by atoms with Crippen LogP contribution in [0, 0.1) is 5.41 Å². The van der Waals surface area contributed by atoms with Crippen molar-refractivity contribution in [1.82, 2.24) is 0 Å². The molecular weight excluding hydrogens is 273 g/mol. The monoisotopic (exact) mass is 296 g/mol. The van der Waals surface area contributed by atoms with E-state index in [4.69, 9.17) is 0 Å². The minimum absolute atomic E-state index is 0.0797. The van der Waals surface area contributed by atoms with Crippen molar-refractivity contribution in [2.45, 2.75) is 58.5 Å². The molecule has 0 aliphatic heterocycles. The van der Waals surface area contributed by atoms with E-state index < -0.39 is 11.7 Å². The second-order valence-electron chi connectivity index (χ2n) is 7.59. The molecule has 0 heterocycles. The van der Waals surface area contributed by atoms with E-state index >= 15 is 0 Å². The van der Waals surface area contributed by atoms with Crippen molar-refractivity contribution in [2.75, 3.05) is 0 Å². The van der Waals surface area contributed by atoms with Crippen LogP contribution in [-0.2, 0) is 11.6 Å². The first-order valence-electron chi connectivity index (χ1n) is 7.32. The molecule has 0 bridgehead atoms. The Kier molecular flexibility index (Phi) is 3.76. The van der Waals surface area contributed by atoms with Crippen molar-refractivity contribution in [1.29, 1.82) is 0 Å². The Labute approximate surface area is 125 Å². The van der Waals surface area contributed by atoms with Crippen LogP contribution >= 0.6 is 0 Å². The second-order valence-corrected chi connectivity index (χ2v) is 7.59. The lowest BCUT2D eigenvalue weighted by Crippen LogP contribution is -2.19. The van der Waals surface area contributed by atoms with E-state index in [0.29, 0.717) is 11.1 Å².